The number of carbonyl (C=O) groups excluding carboxylic acids is 2. The minimum atomic E-state index is -2.12. The van der Waals surface area contributed by atoms with Crippen LogP contribution < -0.4 is 10.8 Å². The maximum atomic E-state index is 12.3. The van der Waals surface area contributed by atoms with Crippen LogP contribution >= 0.6 is 0 Å². The molecule has 0 aromatic rings. The first-order valence-corrected chi connectivity index (χ1v) is 4.56. The number of hydrogen-bond acceptors (Lipinski definition) is 4. The highest BCUT2D eigenvalue weighted by Crippen LogP contribution is 2.07. The zero-order valence-electron chi connectivity index (χ0n) is 8.33. The Morgan fingerprint density at radius 3 is 3.20 bits per heavy atom. The number of hydrogen-bond donors (Lipinski definition) is 2. The number of alkyl halides is 1. The molecule has 2 N–H and O–H groups in total. The molecule has 0 spiro atoms. The normalized spacial score (nSPS) is 22.8. The van der Waals surface area contributed by atoms with Gasteiger partial charge < -0.3 is 5.32 Å². The highest BCUT2D eigenvalue weighted by atomic mass is 19.1. The molecule has 1 rings (SSSR count). The number of carbonyl (C=O) groups is 2. The van der Waals surface area contributed by atoms with Crippen molar-refractivity contribution in [1.82, 2.24) is 10.8 Å². The molecule has 0 radical (unpaired) electrons. The Balaban J connectivity index is 2.40. The predicted molar refractivity (Wildman–Crippen MR) is 50.3 cm³/mol. The summed E-state index contributed by atoms with van der Waals surface area (Å²) in [5.41, 5.74) is 2.93. The molecular formula is C9H13FN2O3. The van der Waals surface area contributed by atoms with Gasteiger partial charge in [-0.15, -0.1) is 0 Å². The van der Waals surface area contributed by atoms with Crippen LogP contribution in [0.2, 0.25) is 0 Å². The molecule has 84 valence electrons. The summed E-state index contributed by atoms with van der Waals surface area (Å²) < 4.78 is 12.3. The largest absolute Gasteiger partial charge is 0.312 e. The van der Waals surface area contributed by atoms with Crippen molar-refractivity contribution in [3.05, 3.63) is 11.6 Å². The molecule has 5 nitrogen and oxygen atoms in total. The van der Waals surface area contributed by atoms with Crippen molar-refractivity contribution >= 4 is 12.2 Å². The lowest BCUT2D eigenvalue weighted by Crippen LogP contribution is -2.40. The van der Waals surface area contributed by atoms with E-state index in [-0.39, 0.29) is 6.29 Å². The number of rotatable bonds is 4. The molecule has 1 aliphatic heterocycles. The zero-order valence-corrected chi connectivity index (χ0v) is 8.33. The van der Waals surface area contributed by atoms with Crippen molar-refractivity contribution in [2.75, 3.05) is 13.1 Å². The molecule has 0 aromatic heterocycles. The molecule has 0 aromatic carbocycles. The SMILES string of the molecule is CC1=CC(C(=O)NOC(F)C=O)CNC1. The van der Waals surface area contributed by atoms with Gasteiger partial charge in [0.2, 0.25) is 0 Å². The van der Waals surface area contributed by atoms with E-state index in [0.717, 1.165) is 12.1 Å². The maximum Gasteiger partial charge on any atom is 0.278 e. The molecular weight excluding hydrogens is 203 g/mol. The third-order valence-electron chi connectivity index (χ3n) is 1.97. The van der Waals surface area contributed by atoms with Crippen molar-refractivity contribution in [2.45, 2.75) is 13.3 Å². The quantitative estimate of drug-likeness (QED) is 0.384. The molecule has 0 bridgehead atoms. The van der Waals surface area contributed by atoms with E-state index in [2.05, 4.69) is 10.2 Å². The number of amides is 1. The summed E-state index contributed by atoms with van der Waals surface area (Å²) in [6.45, 7) is 3.10. The molecule has 15 heavy (non-hydrogen) atoms. The molecule has 1 amide bonds. The Bertz CT molecular complexity index is 281. The van der Waals surface area contributed by atoms with Crippen molar-refractivity contribution in [1.29, 1.82) is 0 Å². The molecule has 0 fully saturated rings. The summed E-state index contributed by atoms with van der Waals surface area (Å²) in [6.07, 6.45) is -0.375. The lowest BCUT2D eigenvalue weighted by atomic mass is 10.0. The van der Waals surface area contributed by atoms with E-state index in [1.54, 1.807) is 6.08 Å². The van der Waals surface area contributed by atoms with Crippen LogP contribution in [0.25, 0.3) is 0 Å². The first kappa shape index (κ1) is 11.8. The first-order valence-electron chi connectivity index (χ1n) is 4.56. The molecule has 2 atom stereocenters. The van der Waals surface area contributed by atoms with Crippen LogP contribution in [0.3, 0.4) is 0 Å². The monoisotopic (exact) mass is 216 g/mol. The number of aldehydes is 1. The standard InChI is InChI=1S/C9H13FN2O3/c1-6-2-7(4-11-3-6)9(14)12-15-8(10)5-13/h2,5,7-8,11H,3-4H2,1H3,(H,12,14). The first-order chi connectivity index (χ1) is 7.13. The zero-order chi connectivity index (χ0) is 11.3. The van der Waals surface area contributed by atoms with E-state index in [9.17, 15) is 14.0 Å². The van der Waals surface area contributed by atoms with Gasteiger partial charge in [-0.1, -0.05) is 11.6 Å². The van der Waals surface area contributed by atoms with E-state index < -0.39 is 18.2 Å². The lowest BCUT2D eigenvalue weighted by molar-refractivity contribution is -0.156. The van der Waals surface area contributed by atoms with Gasteiger partial charge in [0.25, 0.3) is 12.3 Å². The summed E-state index contributed by atoms with van der Waals surface area (Å²) >= 11 is 0. The van der Waals surface area contributed by atoms with Gasteiger partial charge in [0.05, 0.1) is 5.92 Å². The van der Waals surface area contributed by atoms with Crippen LogP contribution in [-0.4, -0.2) is 31.6 Å². The second kappa shape index (κ2) is 5.57. The molecule has 1 aliphatic rings. The molecule has 6 heteroatoms. The number of nitrogens with one attached hydrogen (secondary N) is 2. The van der Waals surface area contributed by atoms with Crippen molar-refractivity contribution in [2.24, 2.45) is 5.92 Å². The van der Waals surface area contributed by atoms with Crippen LogP contribution in [0.5, 0.6) is 0 Å². The Kier molecular flexibility index (Phi) is 4.38. The highest BCUT2D eigenvalue weighted by Gasteiger charge is 2.20. The minimum Gasteiger partial charge on any atom is -0.312 e. The molecule has 0 saturated heterocycles. The van der Waals surface area contributed by atoms with E-state index >= 15 is 0 Å². The third-order valence-corrected chi connectivity index (χ3v) is 1.97. The van der Waals surface area contributed by atoms with E-state index in [1.165, 1.54) is 0 Å². The van der Waals surface area contributed by atoms with E-state index in [4.69, 9.17) is 0 Å². The van der Waals surface area contributed by atoms with Gasteiger partial charge >= 0.3 is 0 Å². The van der Waals surface area contributed by atoms with Gasteiger partial charge in [-0.25, -0.2) is 14.7 Å². The van der Waals surface area contributed by atoms with Gasteiger partial charge in [0, 0.05) is 13.1 Å². The smallest absolute Gasteiger partial charge is 0.278 e. The maximum absolute atomic E-state index is 12.3. The fourth-order valence-electron chi connectivity index (χ4n) is 1.27. The lowest BCUT2D eigenvalue weighted by Gasteiger charge is -2.19. The molecule has 0 aliphatic carbocycles. The molecule has 0 saturated carbocycles. The Labute approximate surface area is 86.6 Å². The van der Waals surface area contributed by atoms with Gasteiger partial charge in [0.1, 0.15) is 0 Å². The van der Waals surface area contributed by atoms with Crippen molar-refractivity contribution in [3.63, 3.8) is 0 Å². The Morgan fingerprint density at radius 1 is 1.87 bits per heavy atom. The average Bonchev–Trinajstić information content (AvgIpc) is 2.25. The minimum absolute atomic E-state index is 0.0412. The summed E-state index contributed by atoms with van der Waals surface area (Å²) in [7, 11) is 0. The van der Waals surface area contributed by atoms with Gasteiger partial charge in [0.15, 0.2) is 6.29 Å². The summed E-state index contributed by atoms with van der Waals surface area (Å²) in [4.78, 5) is 25.4. The second-order valence-electron chi connectivity index (χ2n) is 3.32. The second-order valence-corrected chi connectivity index (χ2v) is 3.32. The van der Waals surface area contributed by atoms with Gasteiger partial charge in [-0.05, 0) is 6.92 Å². The molecule has 1 heterocycles. The van der Waals surface area contributed by atoms with Gasteiger partial charge in [-0.3, -0.25) is 9.59 Å². The van der Waals surface area contributed by atoms with Crippen LogP contribution in [0, 0.1) is 5.92 Å². The summed E-state index contributed by atoms with van der Waals surface area (Å²) in [6, 6.07) is 0. The Morgan fingerprint density at radius 2 is 2.60 bits per heavy atom. The van der Waals surface area contributed by atoms with Crippen LogP contribution in [-0.2, 0) is 14.4 Å². The fraction of sp³-hybridized carbons (Fsp3) is 0.556. The van der Waals surface area contributed by atoms with Crippen molar-refractivity contribution < 1.29 is 18.8 Å². The average molecular weight is 216 g/mol. The van der Waals surface area contributed by atoms with Gasteiger partial charge in [-0.2, -0.15) is 0 Å². The number of hydroxylamine groups is 1. The molecule has 2 unspecified atom stereocenters. The summed E-state index contributed by atoms with van der Waals surface area (Å²) in [5, 5.41) is 3.02. The summed E-state index contributed by atoms with van der Waals surface area (Å²) in [5.74, 6) is -0.858. The predicted octanol–water partition coefficient (Wildman–Crippen LogP) is -0.306. The highest BCUT2D eigenvalue weighted by molar-refractivity contribution is 5.80. The van der Waals surface area contributed by atoms with Crippen LogP contribution in [0.1, 0.15) is 6.92 Å². The number of halogens is 1. The topological polar surface area (TPSA) is 67.4 Å². The van der Waals surface area contributed by atoms with Crippen LogP contribution in [0.15, 0.2) is 11.6 Å². The Hall–Kier alpha value is -1.27. The van der Waals surface area contributed by atoms with Crippen molar-refractivity contribution in [3.8, 4) is 0 Å². The fourth-order valence-corrected chi connectivity index (χ4v) is 1.27. The third kappa shape index (κ3) is 3.77. The van der Waals surface area contributed by atoms with E-state index in [1.807, 2.05) is 12.4 Å². The van der Waals surface area contributed by atoms with E-state index in [0.29, 0.717) is 6.54 Å². The van der Waals surface area contributed by atoms with Crippen LogP contribution in [0.4, 0.5) is 4.39 Å².